The van der Waals surface area contributed by atoms with Crippen LogP contribution in [0.3, 0.4) is 0 Å². The lowest BCUT2D eigenvalue weighted by atomic mass is 10.0. The van der Waals surface area contributed by atoms with Crippen molar-refractivity contribution in [2.24, 2.45) is 0 Å². The lowest BCUT2D eigenvalue weighted by Crippen LogP contribution is -2.49. The second-order valence-corrected chi connectivity index (χ2v) is 3.46. The van der Waals surface area contributed by atoms with Crippen molar-refractivity contribution in [2.45, 2.75) is 38.1 Å². The number of hydrogen-bond acceptors (Lipinski definition) is 2. The first-order valence-corrected chi connectivity index (χ1v) is 4.20. The molecule has 0 aromatic heterocycles. The Bertz CT molecular complexity index is 171. The third-order valence-electron chi connectivity index (χ3n) is 1.96. The van der Waals surface area contributed by atoms with E-state index in [1.54, 1.807) is 13.8 Å². The van der Waals surface area contributed by atoms with E-state index in [-0.39, 0.29) is 19.6 Å². The van der Waals surface area contributed by atoms with E-state index in [4.69, 9.17) is 9.47 Å². The molecule has 1 aliphatic heterocycles. The fourth-order valence-electron chi connectivity index (χ4n) is 1.38. The summed E-state index contributed by atoms with van der Waals surface area (Å²) in [6.07, 6.45) is -4.88. The molecule has 0 amide bonds. The largest absolute Gasteiger partial charge is 0.419 e. The van der Waals surface area contributed by atoms with Gasteiger partial charge in [-0.25, -0.2) is 0 Å². The lowest BCUT2D eigenvalue weighted by Gasteiger charge is -2.31. The van der Waals surface area contributed by atoms with Crippen molar-refractivity contribution in [1.82, 2.24) is 0 Å². The molecule has 0 aromatic rings. The maximum Gasteiger partial charge on any atom is 0.419 e. The summed E-state index contributed by atoms with van der Waals surface area (Å²) in [7, 11) is 0. The zero-order valence-electron chi connectivity index (χ0n) is 7.65. The molecule has 0 radical (unpaired) electrons. The topological polar surface area (TPSA) is 18.5 Å². The summed E-state index contributed by atoms with van der Waals surface area (Å²) in [4.78, 5) is 0. The second kappa shape index (κ2) is 3.46. The summed E-state index contributed by atoms with van der Waals surface area (Å²) >= 11 is 0. The van der Waals surface area contributed by atoms with Crippen LogP contribution in [0.4, 0.5) is 13.2 Å². The first kappa shape index (κ1) is 10.8. The van der Waals surface area contributed by atoms with Crippen LogP contribution in [-0.4, -0.2) is 31.1 Å². The van der Waals surface area contributed by atoms with Crippen LogP contribution in [0.1, 0.15) is 20.3 Å². The molecule has 0 spiro atoms. The van der Waals surface area contributed by atoms with E-state index in [1.807, 2.05) is 0 Å². The molecular formula is C8H13F3O2. The highest BCUT2D eigenvalue weighted by Gasteiger charge is 2.58. The summed E-state index contributed by atoms with van der Waals surface area (Å²) in [5.41, 5.74) is -2.07. The maximum absolute atomic E-state index is 12.6. The highest BCUT2D eigenvalue weighted by Crippen LogP contribution is 2.40. The number of halogens is 3. The van der Waals surface area contributed by atoms with Crippen LogP contribution in [0, 0.1) is 0 Å². The number of alkyl halides is 3. The average molecular weight is 198 g/mol. The van der Waals surface area contributed by atoms with E-state index in [0.29, 0.717) is 0 Å². The number of ether oxygens (including phenoxy) is 2. The molecule has 1 aliphatic rings. The van der Waals surface area contributed by atoms with Crippen LogP contribution >= 0.6 is 0 Å². The monoisotopic (exact) mass is 198 g/mol. The van der Waals surface area contributed by atoms with Gasteiger partial charge in [0.15, 0.2) is 5.60 Å². The van der Waals surface area contributed by atoms with Crippen LogP contribution in [0.15, 0.2) is 0 Å². The molecule has 1 saturated heterocycles. The highest BCUT2D eigenvalue weighted by molar-refractivity contribution is 4.92. The first-order chi connectivity index (χ1) is 5.87. The minimum absolute atomic E-state index is 0.103. The molecule has 0 saturated carbocycles. The van der Waals surface area contributed by atoms with E-state index < -0.39 is 17.9 Å². The molecule has 1 fully saturated rings. The maximum atomic E-state index is 12.6. The van der Waals surface area contributed by atoms with Crippen molar-refractivity contribution in [2.75, 3.05) is 13.2 Å². The Morgan fingerprint density at radius 1 is 1.38 bits per heavy atom. The predicted molar refractivity (Wildman–Crippen MR) is 40.4 cm³/mol. The van der Waals surface area contributed by atoms with Gasteiger partial charge in [-0.05, 0) is 13.8 Å². The zero-order valence-corrected chi connectivity index (χ0v) is 7.65. The second-order valence-electron chi connectivity index (χ2n) is 3.46. The zero-order chi connectivity index (χ0) is 10.1. The Kier molecular flexibility index (Phi) is 2.87. The SMILES string of the molecule is CC(C)OC1(C(F)(F)F)CCOC1. The minimum atomic E-state index is -4.34. The highest BCUT2D eigenvalue weighted by atomic mass is 19.4. The number of rotatable bonds is 2. The van der Waals surface area contributed by atoms with Crippen LogP contribution in [-0.2, 0) is 9.47 Å². The average Bonchev–Trinajstić information content (AvgIpc) is 2.33. The van der Waals surface area contributed by atoms with Gasteiger partial charge in [-0.1, -0.05) is 0 Å². The molecule has 1 unspecified atom stereocenters. The molecule has 78 valence electrons. The quantitative estimate of drug-likeness (QED) is 0.676. The molecule has 1 atom stereocenters. The van der Waals surface area contributed by atoms with Gasteiger partial charge in [0, 0.05) is 13.0 Å². The van der Waals surface area contributed by atoms with E-state index in [2.05, 4.69) is 0 Å². The molecular weight excluding hydrogens is 185 g/mol. The van der Waals surface area contributed by atoms with E-state index in [9.17, 15) is 13.2 Å². The molecule has 13 heavy (non-hydrogen) atoms. The lowest BCUT2D eigenvalue weighted by molar-refractivity contribution is -0.285. The summed E-state index contributed by atoms with van der Waals surface area (Å²) in [5, 5.41) is 0. The summed E-state index contributed by atoms with van der Waals surface area (Å²) < 4.78 is 47.4. The standard InChI is InChI=1S/C8H13F3O2/c1-6(2)13-7(8(9,10)11)3-4-12-5-7/h6H,3-5H2,1-2H3. The third-order valence-corrected chi connectivity index (χ3v) is 1.96. The van der Waals surface area contributed by atoms with Gasteiger partial charge in [-0.3, -0.25) is 0 Å². The third kappa shape index (κ3) is 2.14. The van der Waals surface area contributed by atoms with E-state index in [1.165, 1.54) is 0 Å². The Morgan fingerprint density at radius 2 is 2.00 bits per heavy atom. The predicted octanol–water partition coefficient (Wildman–Crippen LogP) is 2.13. The van der Waals surface area contributed by atoms with Gasteiger partial charge in [0.25, 0.3) is 0 Å². The molecule has 5 heteroatoms. The van der Waals surface area contributed by atoms with Crippen LogP contribution in [0.25, 0.3) is 0 Å². The van der Waals surface area contributed by atoms with Crippen molar-refractivity contribution in [1.29, 1.82) is 0 Å². The van der Waals surface area contributed by atoms with Gasteiger partial charge in [0.1, 0.15) is 0 Å². The van der Waals surface area contributed by atoms with Gasteiger partial charge < -0.3 is 9.47 Å². The summed E-state index contributed by atoms with van der Waals surface area (Å²) in [5.74, 6) is 0. The minimum Gasteiger partial charge on any atom is -0.378 e. The van der Waals surface area contributed by atoms with Crippen molar-refractivity contribution in [3.8, 4) is 0 Å². The summed E-state index contributed by atoms with van der Waals surface area (Å²) in [6.45, 7) is 2.92. The van der Waals surface area contributed by atoms with E-state index >= 15 is 0 Å². The molecule has 1 rings (SSSR count). The molecule has 0 aromatic carbocycles. The Hall–Kier alpha value is -0.290. The molecule has 0 bridgehead atoms. The molecule has 0 aliphatic carbocycles. The molecule has 0 N–H and O–H groups in total. The van der Waals surface area contributed by atoms with Crippen molar-refractivity contribution < 1.29 is 22.6 Å². The van der Waals surface area contributed by atoms with Gasteiger partial charge in [-0.15, -0.1) is 0 Å². The summed E-state index contributed by atoms with van der Waals surface area (Å²) in [6, 6.07) is 0. The van der Waals surface area contributed by atoms with Crippen molar-refractivity contribution in [3.63, 3.8) is 0 Å². The van der Waals surface area contributed by atoms with Crippen LogP contribution in [0.5, 0.6) is 0 Å². The Morgan fingerprint density at radius 3 is 2.31 bits per heavy atom. The van der Waals surface area contributed by atoms with Crippen molar-refractivity contribution >= 4 is 0 Å². The van der Waals surface area contributed by atoms with Crippen LogP contribution < -0.4 is 0 Å². The van der Waals surface area contributed by atoms with Gasteiger partial charge >= 0.3 is 6.18 Å². The number of hydrogen-bond donors (Lipinski definition) is 0. The van der Waals surface area contributed by atoms with E-state index in [0.717, 1.165) is 0 Å². The van der Waals surface area contributed by atoms with Crippen molar-refractivity contribution in [3.05, 3.63) is 0 Å². The van der Waals surface area contributed by atoms with Gasteiger partial charge in [0.2, 0.25) is 0 Å². The fraction of sp³-hybridized carbons (Fsp3) is 1.00. The Balaban J connectivity index is 2.75. The van der Waals surface area contributed by atoms with Gasteiger partial charge in [-0.2, -0.15) is 13.2 Å². The molecule has 1 heterocycles. The fourth-order valence-corrected chi connectivity index (χ4v) is 1.38. The van der Waals surface area contributed by atoms with Gasteiger partial charge in [0.05, 0.1) is 12.7 Å². The Labute approximate surface area is 75.0 Å². The first-order valence-electron chi connectivity index (χ1n) is 4.20. The molecule has 2 nitrogen and oxygen atoms in total. The normalized spacial score (nSPS) is 30.0. The van der Waals surface area contributed by atoms with Crippen LogP contribution in [0.2, 0.25) is 0 Å². The smallest absolute Gasteiger partial charge is 0.378 e.